The molecule has 0 aromatic rings. The van der Waals surface area contributed by atoms with Crippen molar-refractivity contribution in [3.8, 4) is 0 Å². The standard InChI is InChI=1S/C10H22BNOSi.3C4H9.Sn/c1-10(2,3)14(4,5)13-9-8-12(11)6-7-12;3*1-3-4-2;/h6H,7-9H2,1-5H3;3*1,3-4H2,2H3;/t12-;;;;/m1..../s1. The van der Waals surface area contributed by atoms with E-state index in [0.717, 1.165) is 21.6 Å². The molecule has 1 heterocycles. The molecule has 1 saturated heterocycles. The van der Waals surface area contributed by atoms with E-state index in [-0.39, 0.29) is 5.04 Å². The van der Waals surface area contributed by atoms with Gasteiger partial charge < -0.3 is 0 Å². The second-order valence-corrected chi connectivity index (χ2v) is 29.6. The molecular formula is C22H49BNOSiSn. The Hall–Kier alpha value is 1.00. The Morgan fingerprint density at radius 1 is 0.963 bits per heavy atom. The first-order chi connectivity index (χ1) is 12.5. The minimum absolute atomic E-state index is 0.289. The molecule has 0 amide bonds. The van der Waals surface area contributed by atoms with Gasteiger partial charge in [-0.1, -0.05) is 0 Å². The van der Waals surface area contributed by atoms with Crippen molar-refractivity contribution < 1.29 is 8.82 Å². The minimum atomic E-state index is -2.19. The molecule has 159 valence electrons. The van der Waals surface area contributed by atoms with Gasteiger partial charge in [-0.05, 0) is 0 Å². The normalized spacial score (nSPS) is 23.7. The summed E-state index contributed by atoms with van der Waals surface area (Å²) in [7, 11) is 5.30. The van der Waals surface area contributed by atoms with Gasteiger partial charge in [0, 0.05) is 0 Å². The summed E-state index contributed by atoms with van der Waals surface area (Å²) in [6, 6.07) is 0. The Bertz CT molecular complexity index is 419. The first kappa shape index (κ1) is 26.0. The van der Waals surface area contributed by atoms with E-state index in [1.807, 2.05) is 0 Å². The summed E-state index contributed by atoms with van der Waals surface area (Å²) in [4.78, 5) is 0. The van der Waals surface area contributed by atoms with Crippen LogP contribution in [0.4, 0.5) is 0 Å². The van der Waals surface area contributed by atoms with Crippen molar-refractivity contribution in [3.63, 3.8) is 0 Å². The molecular weight excluding hydrogens is 452 g/mol. The maximum atomic E-state index is 6.96. The van der Waals surface area contributed by atoms with Gasteiger partial charge in [-0.25, -0.2) is 0 Å². The van der Waals surface area contributed by atoms with Gasteiger partial charge in [0.25, 0.3) is 0 Å². The summed E-state index contributed by atoms with van der Waals surface area (Å²) in [5.41, 5.74) is 0. The molecule has 0 bridgehead atoms. The Labute approximate surface area is 178 Å². The zero-order chi connectivity index (χ0) is 20.8. The number of quaternary nitrogens is 1. The van der Waals surface area contributed by atoms with Gasteiger partial charge in [-0.3, -0.25) is 0 Å². The SMILES string of the molecule is [B-][N@@+]1(CCO[Si](C)(C)C(C)(C)C)C[C@H]1[Sn]([CH2]CCC)([CH2]CCC)[CH2]CCC. The van der Waals surface area contributed by atoms with Gasteiger partial charge in [-0.15, -0.1) is 0 Å². The first-order valence-corrected chi connectivity index (χ1v) is 22.4. The second kappa shape index (κ2) is 10.9. The van der Waals surface area contributed by atoms with Gasteiger partial charge in [0.05, 0.1) is 0 Å². The Kier molecular flexibility index (Phi) is 10.5. The summed E-state index contributed by atoms with van der Waals surface area (Å²) in [5.74, 6) is 0. The van der Waals surface area contributed by atoms with Crippen molar-refractivity contribution >= 4 is 34.7 Å². The summed E-state index contributed by atoms with van der Waals surface area (Å²) in [5, 5.41) is 0.289. The predicted molar refractivity (Wildman–Crippen MR) is 128 cm³/mol. The van der Waals surface area contributed by atoms with Gasteiger partial charge >= 0.3 is 179 Å². The molecule has 5 heteroatoms. The average Bonchev–Trinajstić information content (AvgIpc) is 3.25. The molecule has 0 aliphatic carbocycles. The fourth-order valence-electron chi connectivity index (χ4n) is 4.41. The topological polar surface area (TPSA) is 9.23 Å². The maximum absolute atomic E-state index is 6.96. The van der Waals surface area contributed by atoms with Gasteiger partial charge in [0.1, 0.15) is 0 Å². The predicted octanol–water partition coefficient (Wildman–Crippen LogP) is 6.68. The quantitative estimate of drug-likeness (QED) is 0.191. The van der Waals surface area contributed by atoms with E-state index in [0.29, 0.717) is 0 Å². The van der Waals surface area contributed by atoms with Crippen molar-refractivity contribution in [1.82, 2.24) is 0 Å². The van der Waals surface area contributed by atoms with Crippen LogP contribution in [0, 0.1) is 0 Å². The van der Waals surface area contributed by atoms with E-state index in [4.69, 9.17) is 12.4 Å². The molecule has 0 aromatic heterocycles. The number of unbranched alkanes of at least 4 members (excludes halogenated alkanes) is 3. The van der Waals surface area contributed by atoms with Gasteiger partial charge in [-0.2, -0.15) is 0 Å². The Balaban J connectivity index is 2.77. The van der Waals surface area contributed by atoms with Crippen LogP contribution in [-0.2, 0) is 4.43 Å². The third kappa shape index (κ3) is 7.32. The summed E-state index contributed by atoms with van der Waals surface area (Å²) >= 11 is -2.19. The monoisotopic (exact) mass is 502 g/mol. The number of nitrogens with zero attached hydrogens (tertiary/aromatic N) is 1. The van der Waals surface area contributed by atoms with E-state index in [2.05, 4.69) is 54.6 Å². The summed E-state index contributed by atoms with van der Waals surface area (Å²) in [6.45, 7) is 22.0. The van der Waals surface area contributed by atoms with E-state index < -0.39 is 26.7 Å². The fourth-order valence-corrected chi connectivity index (χ4v) is 25.1. The molecule has 2 atom stereocenters. The van der Waals surface area contributed by atoms with Crippen LogP contribution in [0.5, 0.6) is 0 Å². The van der Waals surface area contributed by atoms with Crippen LogP contribution in [0.25, 0.3) is 0 Å². The van der Waals surface area contributed by atoms with Crippen LogP contribution < -0.4 is 0 Å². The van der Waals surface area contributed by atoms with Gasteiger partial charge in [0.15, 0.2) is 0 Å². The number of hydrogen-bond acceptors (Lipinski definition) is 1. The molecule has 0 saturated carbocycles. The van der Waals surface area contributed by atoms with Crippen molar-refractivity contribution in [2.75, 3.05) is 19.7 Å². The third-order valence-electron chi connectivity index (χ3n) is 7.57. The fraction of sp³-hybridized carbons (Fsp3) is 1.00. The Morgan fingerprint density at radius 2 is 1.41 bits per heavy atom. The Morgan fingerprint density at radius 3 is 1.78 bits per heavy atom. The van der Waals surface area contributed by atoms with Gasteiger partial charge in [0.2, 0.25) is 0 Å². The van der Waals surface area contributed by atoms with E-state index in [9.17, 15) is 0 Å². The molecule has 0 unspecified atom stereocenters. The van der Waals surface area contributed by atoms with E-state index >= 15 is 0 Å². The van der Waals surface area contributed by atoms with E-state index in [1.165, 1.54) is 45.1 Å². The zero-order valence-corrected chi connectivity index (χ0v) is 23.8. The van der Waals surface area contributed by atoms with Crippen molar-refractivity contribution in [2.24, 2.45) is 0 Å². The summed E-state index contributed by atoms with van der Waals surface area (Å²) in [6.07, 6.45) is 8.38. The number of rotatable bonds is 14. The van der Waals surface area contributed by atoms with Crippen molar-refractivity contribution in [3.05, 3.63) is 0 Å². The zero-order valence-electron chi connectivity index (χ0n) is 20.0. The molecule has 1 aliphatic rings. The van der Waals surface area contributed by atoms with Crippen LogP contribution in [0.15, 0.2) is 0 Å². The molecule has 0 spiro atoms. The van der Waals surface area contributed by atoms with Crippen LogP contribution >= 0.6 is 0 Å². The molecule has 1 fully saturated rings. The second-order valence-electron chi connectivity index (χ2n) is 10.8. The van der Waals surface area contributed by atoms with Crippen LogP contribution in [-0.4, -0.2) is 62.8 Å². The molecule has 2 nitrogen and oxygen atoms in total. The third-order valence-corrected chi connectivity index (χ3v) is 29.7. The van der Waals surface area contributed by atoms with Crippen LogP contribution in [0.1, 0.15) is 80.1 Å². The van der Waals surface area contributed by atoms with Crippen LogP contribution in [0.2, 0.25) is 31.4 Å². The van der Waals surface area contributed by atoms with E-state index in [1.54, 1.807) is 13.3 Å². The first-order valence-electron chi connectivity index (χ1n) is 11.8. The van der Waals surface area contributed by atoms with Crippen molar-refractivity contribution in [2.45, 2.75) is 116 Å². The molecule has 1 rings (SSSR count). The molecule has 0 aromatic carbocycles. The molecule has 3 radical (unpaired) electrons. The average molecular weight is 501 g/mol. The molecule has 27 heavy (non-hydrogen) atoms. The van der Waals surface area contributed by atoms with Crippen LogP contribution in [0.3, 0.4) is 0 Å². The summed E-state index contributed by atoms with van der Waals surface area (Å²) < 4.78 is 12.9. The number of hydrogen-bond donors (Lipinski definition) is 0. The van der Waals surface area contributed by atoms with Crippen molar-refractivity contribution in [1.29, 1.82) is 0 Å². The molecule has 0 N–H and O–H groups in total. The molecule has 1 aliphatic heterocycles.